The standard InChI is InChI=1S/C26H22NO3P/c1-17-6-12-25-23(14-17)24-15-18(2)7-13-26(24)27(25)21-5-3-4-20(16-21)19-8-10-22(11-9-19)31(28,29)30/h3-16H,1-2H3,(H2,28,29,30). The molecule has 4 aromatic carbocycles. The molecule has 154 valence electrons. The predicted molar refractivity (Wildman–Crippen MR) is 127 cm³/mol. The van der Waals surface area contributed by atoms with Crippen LogP contribution in [0.2, 0.25) is 0 Å². The molecule has 0 fully saturated rings. The molecule has 31 heavy (non-hydrogen) atoms. The minimum Gasteiger partial charge on any atom is -0.321 e. The molecule has 5 aromatic rings. The van der Waals surface area contributed by atoms with Gasteiger partial charge in [-0.2, -0.15) is 0 Å². The highest BCUT2D eigenvalue weighted by Gasteiger charge is 2.17. The van der Waals surface area contributed by atoms with Gasteiger partial charge in [-0.15, -0.1) is 0 Å². The second-order valence-corrected chi connectivity index (χ2v) is 9.62. The van der Waals surface area contributed by atoms with Crippen LogP contribution in [0.25, 0.3) is 38.6 Å². The number of hydrogen-bond acceptors (Lipinski definition) is 1. The van der Waals surface area contributed by atoms with Crippen molar-refractivity contribution in [2.24, 2.45) is 0 Å². The van der Waals surface area contributed by atoms with Gasteiger partial charge >= 0.3 is 7.60 Å². The second kappa shape index (κ2) is 7.21. The molecule has 0 aliphatic carbocycles. The van der Waals surface area contributed by atoms with Gasteiger partial charge in [-0.05, 0) is 73.5 Å². The fourth-order valence-corrected chi connectivity index (χ4v) is 4.74. The minimum atomic E-state index is -4.25. The monoisotopic (exact) mass is 427 g/mol. The Morgan fingerprint density at radius 1 is 0.677 bits per heavy atom. The summed E-state index contributed by atoms with van der Waals surface area (Å²) >= 11 is 0. The maximum Gasteiger partial charge on any atom is 0.356 e. The zero-order valence-electron chi connectivity index (χ0n) is 17.3. The topological polar surface area (TPSA) is 62.5 Å². The van der Waals surface area contributed by atoms with Crippen LogP contribution < -0.4 is 5.30 Å². The van der Waals surface area contributed by atoms with E-state index in [2.05, 4.69) is 66.9 Å². The van der Waals surface area contributed by atoms with Crippen LogP contribution in [-0.4, -0.2) is 14.4 Å². The van der Waals surface area contributed by atoms with Crippen molar-refractivity contribution in [2.45, 2.75) is 13.8 Å². The van der Waals surface area contributed by atoms with Crippen molar-refractivity contribution in [3.8, 4) is 16.8 Å². The Balaban J connectivity index is 1.70. The number of benzene rings is 4. The zero-order chi connectivity index (χ0) is 21.8. The largest absolute Gasteiger partial charge is 0.356 e. The van der Waals surface area contributed by atoms with E-state index in [4.69, 9.17) is 0 Å². The summed E-state index contributed by atoms with van der Waals surface area (Å²) in [5, 5.41) is 2.49. The molecule has 0 amide bonds. The first-order valence-electron chi connectivity index (χ1n) is 10.1. The van der Waals surface area contributed by atoms with Gasteiger partial charge in [0.15, 0.2) is 0 Å². The molecule has 0 unspecified atom stereocenters. The van der Waals surface area contributed by atoms with Gasteiger partial charge < -0.3 is 14.4 Å². The summed E-state index contributed by atoms with van der Waals surface area (Å²) in [6.45, 7) is 4.22. The Labute approximate surface area is 180 Å². The molecule has 1 aromatic heterocycles. The maximum absolute atomic E-state index is 11.5. The SMILES string of the molecule is Cc1ccc2c(c1)c1cc(C)ccc1n2-c1cccc(-c2ccc(P(=O)(O)O)cc2)c1. The zero-order valence-corrected chi connectivity index (χ0v) is 18.2. The highest BCUT2D eigenvalue weighted by atomic mass is 31.2. The van der Waals surface area contributed by atoms with E-state index in [1.54, 1.807) is 12.1 Å². The Hall–Kier alpha value is -3.17. The lowest BCUT2D eigenvalue weighted by Crippen LogP contribution is -2.02. The van der Waals surface area contributed by atoms with E-state index < -0.39 is 7.60 Å². The number of nitrogens with zero attached hydrogens (tertiary/aromatic N) is 1. The lowest BCUT2D eigenvalue weighted by Gasteiger charge is -2.11. The van der Waals surface area contributed by atoms with Crippen molar-refractivity contribution in [1.29, 1.82) is 0 Å². The van der Waals surface area contributed by atoms with Crippen molar-refractivity contribution in [3.05, 3.63) is 96.1 Å². The summed E-state index contributed by atoms with van der Waals surface area (Å²) in [5.41, 5.74) is 7.71. The average Bonchev–Trinajstić information content (AvgIpc) is 3.06. The summed E-state index contributed by atoms with van der Waals surface area (Å²) in [6.07, 6.45) is 0. The van der Waals surface area contributed by atoms with Gasteiger partial charge in [0, 0.05) is 16.5 Å². The fourth-order valence-electron chi connectivity index (χ4n) is 4.20. The summed E-state index contributed by atoms with van der Waals surface area (Å²) in [4.78, 5) is 18.7. The molecule has 5 heteroatoms. The molecule has 5 rings (SSSR count). The van der Waals surface area contributed by atoms with E-state index in [0.717, 1.165) is 27.8 Å². The summed E-state index contributed by atoms with van der Waals surface area (Å²) < 4.78 is 13.8. The summed E-state index contributed by atoms with van der Waals surface area (Å²) in [7, 11) is -4.25. The third-order valence-electron chi connectivity index (χ3n) is 5.72. The van der Waals surface area contributed by atoms with Crippen LogP contribution in [-0.2, 0) is 4.57 Å². The first kappa shape index (κ1) is 19.8. The Bertz CT molecular complexity index is 1430. The maximum atomic E-state index is 11.5. The summed E-state index contributed by atoms with van der Waals surface area (Å²) in [6, 6.07) is 27.8. The van der Waals surface area contributed by atoms with Gasteiger partial charge in [-0.3, -0.25) is 4.57 Å². The van der Waals surface area contributed by atoms with Crippen LogP contribution in [0.5, 0.6) is 0 Å². The van der Waals surface area contributed by atoms with Crippen LogP contribution in [0.4, 0.5) is 0 Å². The van der Waals surface area contributed by atoms with E-state index in [-0.39, 0.29) is 5.30 Å². The molecule has 0 bridgehead atoms. The van der Waals surface area contributed by atoms with Crippen molar-refractivity contribution in [2.75, 3.05) is 0 Å². The van der Waals surface area contributed by atoms with E-state index in [1.807, 2.05) is 12.1 Å². The molecule has 0 saturated carbocycles. The van der Waals surface area contributed by atoms with Crippen LogP contribution in [0, 0.1) is 13.8 Å². The number of aryl methyl sites for hydroxylation is 2. The highest BCUT2D eigenvalue weighted by Crippen LogP contribution is 2.36. The fraction of sp³-hybridized carbons (Fsp3) is 0.0769. The van der Waals surface area contributed by atoms with Crippen molar-refractivity contribution in [3.63, 3.8) is 0 Å². The molecule has 4 nitrogen and oxygen atoms in total. The molecule has 0 radical (unpaired) electrons. The van der Waals surface area contributed by atoms with Gasteiger partial charge in [0.25, 0.3) is 0 Å². The van der Waals surface area contributed by atoms with Gasteiger partial charge in [0.05, 0.1) is 16.3 Å². The quantitative estimate of drug-likeness (QED) is 0.354. The number of hydrogen-bond donors (Lipinski definition) is 2. The third-order valence-corrected chi connectivity index (χ3v) is 6.69. The molecule has 0 aliphatic heterocycles. The Kier molecular flexibility index (Phi) is 4.60. The Morgan fingerprint density at radius 3 is 1.81 bits per heavy atom. The lowest BCUT2D eigenvalue weighted by atomic mass is 10.1. The lowest BCUT2D eigenvalue weighted by molar-refractivity contribution is 0.387. The van der Waals surface area contributed by atoms with Crippen molar-refractivity contribution in [1.82, 2.24) is 4.57 Å². The molecular weight excluding hydrogens is 405 g/mol. The van der Waals surface area contributed by atoms with Gasteiger partial charge in [-0.25, -0.2) is 0 Å². The van der Waals surface area contributed by atoms with Crippen LogP contribution in [0.1, 0.15) is 11.1 Å². The predicted octanol–water partition coefficient (Wildman–Crippen LogP) is 5.87. The smallest absolute Gasteiger partial charge is 0.321 e. The number of rotatable bonds is 3. The number of aromatic nitrogens is 1. The normalized spacial score (nSPS) is 12.0. The molecule has 0 spiro atoms. The Morgan fingerprint density at radius 2 is 1.26 bits per heavy atom. The molecule has 0 atom stereocenters. The third kappa shape index (κ3) is 3.49. The van der Waals surface area contributed by atoms with Gasteiger partial charge in [0.1, 0.15) is 0 Å². The van der Waals surface area contributed by atoms with E-state index >= 15 is 0 Å². The van der Waals surface area contributed by atoms with Crippen molar-refractivity contribution >= 4 is 34.7 Å². The number of fused-ring (bicyclic) bond motifs is 3. The average molecular weight is 427 g/mol. The first-order chi connectivity index (χ1) is 14.8. The van der Waals surface area contributed by atoms with Gasteiger partial charge in [-0.1, -0.05) is 47.5 Å². The molecule has 0 aliphatic rings. The van der Waals surface area contributed by atoms with E-state index in [1.165, 1.54) is 34.0 Å². The molecular formula is C26H22NO3P. The van der Waals surface area contributed by atoms with Gasteiger partial charge in [0.2, 0.25) is 0 Å². The van der Waals surface area contributed by atoms with Crippen LogP contribution >= 0.6 is 7.60 Å². The van der Waals surface area contributed by atoms with Crippen molar-refractivity contribution < 1.29 is 14.4 Å². The minimum absolute atomic E-state index is 0.0283. The second-order valence-electron chi connectivity index (χ2n) is 8.02. The highest BCUT2D eigenvalue weighted by molar-refractivity contribution is 7.60. The van der Waals surface area contributed by atoms with Crippen LogP contribution in [0.3, 0.4) is 0 Å². The first-order valence-corrected chi connectivity index (χ1v) is 11.7. The molecule has 0 saturated heterocycles. The van der Waals surface area contributed by atoms with E-state index in [0.29, 0.717) is 0 Å². The van der Waals surface area contributed by atoms with Crippen LogP contribution in [0.15, 0.2) is 84.9 Å². The molecule has 1 heterocycles. The van der Waals surface area contributed by atoms with E-state index in [9.17, 15) is 14.4 Å². The summed E-state index contributed by atoms with van der Waals surface area (Å²) in [5.74, 6) is 0. The molecule has 2 N–H and O–H groups in total.